The average molecular weight is 389 g/mol. The second-order valence-corrected chi connectivity index (χ2v) is 6.81. The highest BCUT2D eigenvalue weighted by Crippen LogP contribution is 2.26. The maximum absolute atomic E-state index is 12.5. The number of nitrogens with zero attached hydrogens (tertiary/aromatic N) is 3. The first-order valence-corrected chi connectivity index (χ1v) is 9.61. The van der Waals surface area contributed by atoms with Gasteiger partial charge >= 0.3 is 0 Å². The van der Waals surface area contributed by atoms with Gasteiger partial charge in [-0.3, -0.25) is 4.79 Å². The van der Waals surface area contributed by atoms with Crippen molar-refractivity contribution in [3.05, 3.63) is 66.6 Å². The number of nitrogens with one attached hydrogen (secondary N) is 2. The van der Waals surface area contributed by atoms with Gasteiger partial charge in [-0.05, 0) is 49.2 Å². The molecule has 7 nitrogen and oxygen atoms in total. The van der Waals surface area contributed by atoms with Gasteiger partial charge in [0.1, 0.15) is 17.3 Å². The number of carbonyl (C=O) groups is 1. The molecule has 0 saturated carbocycles. The summed E-state index contributed by atoms with van der Waals surface area (Å²) in [5.74, 6) is 0.935. The molecule has 29 heavy (non-hydrogen) atoms. The van der Waals surface area contributed by atoms with Crippen molar-refractivity contribution in [1.29, 1.82) is 0 Å². The van der Waals surface area contributed by atoms with Crippen LogP contribution in [0.2, 0.25) is 0 Å². The van der Waals surface area contributed by atoms with E-state index in [4.69, 9.17) is 4.74 Å². The van der Waals surface area contributed by atoms with Crippen LogP contribution in [-0.4, -0.2) is 36.1 Å². The molecular formula is C22H23N5O2. The summed E-state index contributed by atoms with van der Waals surface area (Å²) in [5.41, 5.74) is 2.95. The first kappa shape index (κ1) is 18.7. The molecule has 0 radical (unpaired) electrons. The third-order valence-electron chi connectivity index (χ3n) is 4.85. The smallest absolute Gasteiger partial charge is 0.275 e. The molecule has 148 valence electrons. The highest BCUT2D eigenvalue weighted by molar-refractivity contribution is 6.02. The summed E-state index contributed by atoms with van der Waals surface area (Å²) in [6.45, 7) is 2.19. The maximum atomic E-state index is 12.5. The number of amides is 1. The van der Waals surface area contributed by atoms with E-state index >= 15 is 0 Å². The van der Waals surface area contributed by atoms with Crippen LogP contribution >= 0.6 is 0 Å². The van der Waals surface area contributed by atoms with E-state index in [1.807, 2.05) is 48.5 Å². The molecule has 1 aliphatic heterocycles. The molecule has 2 aromatic carbocycles. The number of rotatable bonds is 6. The van der Waals surface area contributed by atoms with Gasteiger partial charge in [-0.15, -0.1) is 0 Å². The van der Waals surface area contributed by atoms with Crippen LogP contribution in [0.1, 0.15) is 23.3 Å². The van der Waals surface area contributed by atoms with E-state index in [1.165, 1.54) is 30.9 Å². The number of hydrogen-bond donors (Lipinski definition) is 2. The van der Waals surface area contributed by atoms with E-state index in [0.29, 0.717) is 11.6 Å². The van der Waals surface area contributed by atoms with Crippen molar-refractivity contribution in [2.45, 2.75) is 12.8 Å². The summed E-state index contributed by atoms with van der Waals surface area (Å²) in [7, 11) is 1.61. The Morgan fingerprint density at radius 1 is 1.00 bits per heavy atom. The molecule has 0 spiro atoms. The van der Waals surface area contributed by atoms with Crippen LogP contribution in [0.3, 0.4) is 0 Å². The van der Waals surface area contributed by atoms with Crippen LogP contribution in [0.4, 0.5) is 22.9 Å². The van der Waals surface area contributed by atoms with E-state index in [2.05, 4.69) is 25.5 Å². The van der Waals surface area contributed by atoms with Crippen LogP contribution in [0.5, 0.6) is 5.75 Å². The number of aromatic nitrogens is 2. The lowest BCUT2D eigenvalue weighted by molar-refractivity contribution is 0.102. The van der Waals surface area contributed by atoms with E-state index in [1.54, 1.807) is 7.11 Å². The lowest BCUT2D eigenvalue weighted by Gasteiger charge is -2.17. The number of benzene rings is 2. The number of ether oxygens (including phenoxy) is 1. The Balaban J connectivity index is 1.39. The van der Waals surface area contributed by atoms with Crippen LogP contribution in [0.15, 0.2) is 60.9 Å². The van der Waals surface area contributed by atoms with Crippen molar-refractivity contribution in [1.82, 2.24) is 9.97 Å². The van der Waals surface area contributed by atoms with Gasteiger partial charge in [-0.2, -0.15) is 0 Å². The molecule has 3 aromatic rings. The van der Waals surface area contributed by atoms with Gasteiger partial charge in [-0.25, -0.2) is 9.97 Å². The quantitative estimate of drug-likeness (QED) is 0.661. The van der Waals surface area contributed by atoms with Crippen molar-refractivity contribution < 1.29 is 9.53 Å². The SMILES string of the molecule is COc1ccccc1Nc1cnc(C(=O)Nc2ccc(N3CCCC3)cc2)cn1. The second-order valence-electron chi connectivity index (χ2n) is 6.81. The highest BCUT2D eigenvalue weighted by Gasteiger charge is 2.13. The number of para-hydroxylation sites is 2. The lowest BCUT2D eigenvalue weighted by Crippen LogP contribution is -2.18. The van der Waals surface area contributed by atoms with Crippen LogP contribution in [0, 0.1) is 0 Å². The predicted molar refractivity (Wildman–Crippen MR) is 114 cm³/mol. The van der Waals surface area contributed by atoms with Crippen molar-refractivity contribution in [3.63, 3.8) is 0 Å². The van der Waals surface area contributed by atoms with Crippen molar-refractivity contribution in [2.75, 3.05) is 35.7 Å². The van der Waals surface area contributed by atoms with Crippen molar-refractivity contribution in [2.24, 2.45) is 0 Å². The minimum atomic E-state index is -0.296. The summed E-state index contributed by atoms with van der Waals surface area (Å²) in [6.07, 6.45) is 5.45. The molecule has 0 aliphatic carbocycles. The lowest BCUT2D eigenvalue weighted by atomic mass is 10.2. The van der Waals surface area contributed by atoms with Gasteiger partial charge in [0.2, 0.25) is 0 Å². The molecule has 2 heterocycles. The number of hydrogen-bond acceptors (Lipinski definition) is 6. The molecule has 0 atom stereocenters. The molecule has 1 amide bonds. The van der Waals surface area contributed by atoms with Crippen LogP contribution < -0.4 is 20.3 Å². The van der Waals surface area contributed by atoms with Crippen LogP contribution in [0.25, 0.3) is 0 Å². The number of carbonyl (C=O) groups excluding carboxylic acids is 1. The minimum Gasteiger partial charge on any atom is -0.495 e. The summed E-state index contributed by atoms with van der Waals surface area (Å²) in [4.78, 5) is 23.3. The van der Waals surface area contributed by atoms with Gasteiger partial charge in [0, 0.05) is 24.5 Å². The zero-order valence-electron chi connectivity index (χ0n) is 16.3. The monoisotopic (exact) mass is 389 g/mol. The Morgan fingerprint density at radius 2 is 1.76 bits per heavy atom. The van der Waals surface area contributed by atoms with E-state index in [0.717, 1.165) is 24.5 Å². The van der Waals surface area contributed by atoms with Gasteiger partial charge in [0.15, 0.2) is 0 Å². The summed E-state index contributed by atoms with van der Waals surface area (Å²) in [6, 6.07) is 15.4. The third kappa shape index (κ3) is 4.45. The maximum Gasteiger partial charge on any atom is 0.275 e. The third-order valence-corrected chi connectivity index (χ3v) is 4.85. The summed E-state index contributed by atoms with van der Waals surface area (Å²) >= 11 is 0. The van der Waals surface area contributed by atoms with Gasteiger partial charge in [0.25, 0.3) is 5.91 Å². The van der Waals surface area contributed by atoms with Crippen molar-refractivity contribution in [3.8, 4) is 5.75 Å². The van der Waals surface area contributed by atoms with Gasteiger partial charge in [0.05, 0.1) is 25.2 Å². The Morgan fingerprint density at radius 3 is 2.45 bits per heavy atom. The molecule has 2 N–H and O–H groups in total. The first-order valence-electron chi connectivity index (χ1n) is 9.61. The van der Waals surface area contributed by atoms with Gasteiger partial charge in [-0.1, -0.05) is 12.1 Å². The minimum absolute atomic E-state index is 0.249. The fourth-order valence-corrected chi connectivity index (χ4v) is 3.32. The van der Waals surface area contributed by atoms with Crippen molar-refractivity contribution >= 4 is 28.8 Å². The molecule has 1 aromatic heterocycles. The van der Waals surface area contributed by atoms with E-state index in [-0.39, 0.29) is 11.6 Å². The number of anilines is 4. The molecule has 0 bridgehead atoms. The normalized spacial score (nSPS) is 13.2. The predicted octanol–water partition coefficient (Wildman–Crippen LogP) is 4.08. The zero-order valence-corrected chi connectivity index (χ0v) is 16.3. The molecule has 7 heteroatoms. The Labute approximate surface area is 169 Å². The molecule has 1 fully saturated rings. The summed E-state index contributed by atoms with van der Waals surface area (Å²) < 4.78 is 5.31. The summed E-state index contributed by atoms with van der Waals surface area (Å²) in [5, 5.41) is 6.00. The zero-order chi connectivity index (χ0) is 20.1. The van der Waals surface area contributed by atoms with Crippen LogP contribution in [-0.2, 0) is 0 Å². The fourth-order valence-electron chi connectivity index (χ4n) is 3.32. The van der Waals surface area contributed by atoms with E-state index in [9.17, 15) is 4.79 Å². The number of methoxy groups -OCH3 is 1. The Hall–Kier alpha value is -3.61. The Kier molecular flexibility index (Phi) is 5.56. The Bertz CT molecular complexity index is 967. The molecule has 0 unspecified atom stereocenters. The molecular weight excluding hydrogens is 366 g/mol. The topological polar surface area (TPSA) is 79.4 Å². The molecule has 1 aliphatic rings. The standard InChI is InChI=1S/C22H23N5O2/c1-29-20-7-3-2-6-18(20)26-21-15-23-19(14-24-21)22(28)25-16-8-10-17(11-9-16)27-12-4-5-13-27/h2-3,6-11,14-15H,4-5,12-13H2,1H3,(H,24,26)(H,25,28). The average Bonchev–Trinajstić information content (AvgIpc) is 3.30. The van der Waals surface area contributed by atoms with Gasteiger partial charge < -0.3 is 20.3 Å². The largest absolute Gasteiger partial charge is 0.495 e. The first-order chi connectivity index (χ1) is 14.2. The second kappa shape index (κ2) is 8.60. The fraction of sp³-hybridized carbons (Fsp3) is 0.227. The highest BCUT2D eigenvalue weighted by atomic mass is 16.5. The molecule has 1 saturated heterocycles. The molecule has 4 rings (SSSR count). The van der Waals surface area contributed by atoms with E-state index < -0.39 is 0 Å².